The lowest BCUT2D eigenvalue weighted by atomic mass is 10.0. The second kappa shape index (κ2) is 3.72. The molecule has 0 radical (unpaired) electrons. The Hall–Kier alpha value is -0.0500. The van der Waals surface area contributed by atoms with Gasteiger partial charge in [0.05, 0.1) is 4.34 Å². The predicted molar refractivity (Wildman–Crippen MR) is 72.2 cm³/mol. The molecule has 0 aliphatic heterocycles. The van der Waals surface area contributed by atoms with E-state index >= 15 is 0 Å². The third kappa shape index (κ3) is 1.62. The Balaban J connectivity index is 2.26. The zero-order chi connectivity index (χ0) is 12.1. The molecule has 0 spiro atoms. The molecule has 1 aliphatic carbocycles. The molecule has 1 aliphatic rings. The van der Waals surface area contributed by atoms with Crippen molar-refractivity contribution in [3.8, 4) is 0 Å². The largest absolute Gasteiger partial charge is 0.312 e. The van der Waals surface area contributed by atoms with Crippen molar-refractivity contribution in [2.75, 3.05) is 7.05 Å². The Morgan fingerprint density at radius 3 is 2.12 bits per heavy atom. The van der Waals surface area contributed by atoms with Crippen LogP contribution in [0.3, 0.4) is 0 Å². The zero-order valence-corrected chi connectivity index (χ0v) is 12.2. The summed E-state index contributed by atoms with van der Waals surface area (Å²) in [5.41, 5.74) is 0.800. The van der Waals surface area contributed by atoms with Crippen LogP contribution in [0.1, 0.15) is 38.6 Å². The first-order valence-electron chi connectivity index (χ1n) is 5.75. The van der Waals surface area contributed by atoms with E-state index in [1.165, 1.54) is 4.88 Å². The molecule has 90 valence electrons. The number of halogens is 1. The lowest BCUT2D eigenvalue weighted by Crippen LogP contribution is -2.20. The van der Waals surface area contributed by atoms with Crippen LogP contribution in [0.25, 0.3) is 0 Å². The number of thiophene rings is 1. The van der Waals surface area contributed by atoms with Crippen molar-refractivity contribution >= 4 is 22.9 Å². The monoisotopic (exact) mass is 257 g/mol. The number of rotatable bonds is 3. The average Bonchev–Trinajstić information content (AvgIpc) is 2.55. The van der Waals surface area contributed by atoms with Crippen molar-refractivity contribution in [2.24, 2.45) is 16.7 Å². The summed E-state index contributed by atoms with van der Waals surface area (Å²) in [5.74, 6) is 0.680. The van der Waals surface area contributed by atoms with Crippen molar-refractivity contribution in [1.82, 2.24) is 5.32 Å². The van der Waals surface area contributed by atoms with E-state index in [0.717, 1.165) is 4.34 Å². The Bertz CT molecular complexity index is 380. The first kappa shape index (κ1) is 12.4. The summed E-state index contributed by atoms with van der Waals surface area (Å²) in [4.78, 5) is 1.36. The van der Waals surface area contributed by atoms with Crippen molar-refractivity contribution in [3.05, 3.63) is 21.3 Å². The SMILES string of the molecule is CNC(c1ccc(Cl)s1)C1C(C)(C)C1(C)C. The molecule has 0 bridgehead atoms. The van der Waals surface area contributed by atoms with E-state index in [9.17, 15) is 0 Å². The Labute approximate surface area is 107 Å². The predicted octanol–water partition coefficient (Wildman–Crippen LogP) is 4.34. The highest BCUT2D eigenvalue weighted by molar-refractivity contribution is 7.16. The Morgan fingerprint density at radius 1 is 1.25 bits per heavy atom. The maximum absolute atomic E-state index is 6.02. The van der Waals surface area contributed by atoms with E-state index in [2.05, 4.69) is 39.1 Å². The van der Waals surface area contributed by atoms with E-state index in [4.69, 9.17) is 11.6 Å². The fraction of sp³-hybridized carbons (Fsp3) is 0.692. The number of hydrogen-bond donors (Lipinski definition) is 1. The summed E-state index contributed by atoms with van der Waals surface area (Å²) in [6, 6.07) is 4.58. The highest BCUT2D eigenvalue weighted by Crippen LogP contribution is 2.72. The van der Waals surface area contributed by atoms with E-state index in [-0.39, 0.29) is 0 Å². The summed E-state index contributed by atoms with van der Waals surface area (Å²) in [6.45, 7) is 9.43. The van der Waals surface area contributed by atoms with Crippen LogP contribution >= 0.6 is 22.9 Å². The highest BCUT2D eigenvalue weighted by Gasteiger charge is 2.67. The molecule has 16 heavy (non-hydrogen) atoms. The molecule has 0 amide bonds. The van der Waals surface area contributed by atoms with Crippen molar-refractivity contribution in [2.45, 2.75) is 33.7 Å². The zero-order valence-electron chi connectivity index (χ0n) is 10.6. The van der Waals surface area contributed by atoms with E-state index in [0.29, 0.717) is 22.8 Å². The smallest absolute Gasteiger partial charge is 0.0931 e. The molecule has 1 unspecified atom stereocenters. The second-order valence-electron chi connectivity index (χ2n) is 5.83. The van der Waals surface area contributed by atoms with Gasteiger partial charge in [-0.15, -0.1) is 11.3 Å². The fourth-order valence-electron chi connectivity index (χ4n) is 3.05. The standard InChI is InChI=1S/C13H20ClNS/c1-12(2)11(13(12,3)4)10(15-5)8-6-7-9(14)16-8/h6-7,10-11,15H,1-5H3. The third-order valence-electron chi connectivity index (χ3n) is 4.68. The molecular formula is C13H20ClNS. The molecule has 1 N–H and O–H groups in total. The molecule has 1 fully saturated rings. The minimum absolute atomic E-state index is 0.400. The van der Waals surface area contributed by atoms with Gasteiger partial charge >= 0.3 is 0 Å². The first-order chi connectivity index (χ1) is 7.32. The molecule has 3 heteroatoms. The van der Waals surface area contributed by atoms with Gasteiger partial charge in [-0.3, -0.25) is 0 Å². The maximum Gasteiger partial charge on any atom is 0.0931 e. The lowest BCUT2D eigenvalue weighted by Gasteiger charge is -2.16. The summed E-state index contributed by atoms with van der Waals surface area (Å²) in [5, 5.41) is 3.46. The van der Waals surface area contributed by atoms with E-state index in [1.807, 2.05) is 13.1 Å². The third-order valence-corrected chi connectivity index (χ3v) is 5.99. The maximum atomic E-state index is 6.02. The molecular weight excluding hydrogens is 238 g/mol. The quantitative estimate of drug-likeness (QED) is 0.849. The van der Waals surface area contributed by atoms with Crippen LogP contribution in [0, 0.1) is 16.7 Å². The van der Waals surface area contributed by atoms with Gasteiger partial charge in [-0.1, -0.05) is 39.3 Å². The molecule has 1 atom stereocenters. The van der Waals surface area contributed by atoms with Gasteiger partial charge in [-0.2, -0.15) is 0 Å². The topological polar surface area (TPSA) is 12.0 Å². The second-order valence-corrected chi connectivity index (χ2v) is 7.58. The minimum Gasteiger partial charge on any atom is -0.312 e. The van der Waals surface area contributed by atoms with Crippen molar-refractivity contribution in [3.63, 3.8) is 0 Å². The summed E-state index contributed by atoms with van der Waals surface area (Å²) in [7, 11) is 2.04. The molecule has 1 aromatic heterocycles. The fourth-order valence-corrected chi connectivity index (χ4v) is 4.26. The lowest BCUT2D eigenvalue weighted by molar-refractivity contribution is 0.444. The highest BCUT2D eigenvalue weighted by atomic mass is 35.5. The molecule has 0 saturated heterocycles. The molecule has 1 saturated carbocycles. The Kier molecular flexibility index (Phi) is 2.89. The van der Waals surface area contributed by atoms with Crippen LogP contribution in [-0.4, -0.2) is 7.05 Å². The van der Waals surface area contributed by atoms with Crippen molar-refractivity contribution < 1.29 is 0 Å². The van der Waals surface area contributed by atoms with Crippen LogP contribution in [0.2, 0.25) is 4.34 Å². The first-order valence-corrected chi connectivity index (χ1v) is 6.94. The van der Waals surface area contributed by atoms with E-state index < -0.39 is 0 Å². The van der Waals surface area contributed by atoms with Gasteiger partial charge in [0.25, 0.3) is 0 Å². The molecule has 1 heterocycles. The van der Waals surface area contributed by atoms with Gasteiger partial charge in [0.1, 0.15) is 0 Å². The van der Waals surface area contributed by atoms with Crippen LogP contribution in [0.4, 0.5) is 0 Å². The van der Waals surface area contributed by atoms with Crippen LogP contribution in [-0.2, 0) is 0 Å². The summed E-state index contributed by atoms with van der Waals surface area (Å²) >= 11 is 7.71. The van der Waals surface area contributed by atoms with Gasteiger partial charge in [0, 0.05) is 10.9 Å². The van der Waals surface area contributed by atoms with Crippen LogP contribution in [0.5, 0.6) is 0 Å². The van der Waals surface area contributed by atoms with Crippen LogP contribution < -0.4 is 5.32 Å². The minimum atomic E-state index is 0.400. The van der Waals surface area contributed by atoms with Gasteiger partial charge in [-0.25, -0.2) is 0 Å². The Morgan fingerprint density at radius 2 is 1.81 bits per heavy atom. The number of hydrogen-bond acceptors (Lipinski definition) is 2. The normalized spacial score (nSPS) is 24.4. The molecule has 1 aromatic rings. The summed E-state index contributed by atoms with van der Waals surface area (Å²) in [6.07, 6.45) is 0. The van der Waals surface area contributed by atoms with E-state index in [1.54, 1.807) is 11.3 Å². The average molecular weight is 258 g/mol. The molecule has 2 rings (SSSR count). The number of nitrogens with one attached hydrogen (secondary N) is 1. The van der Waals surface area contributed by atoms with Gasteiger partial charge in [0.2, 0.25) is 0 Å². The van der Waals surface area contributed by atoms with Crippen molar-refractivity contribution in [1.29, 1.82) is 0 Å². The molecule has 0 aromatic carbocycles. The van der Waals surface area contributed by atoms with Gasteiger partial charge in [0.15, 0.2) is 0 Å². The van der Waals surface area contributed by atoms with Crippen LogP contribution in [0.15, 0.2) is 12.1 Å². The summed E-state index contributed by atoms with van der Waals surface area (Å²) < 4.78 is 0.881. The van der Waals surface area contributed by atoms with Gasteiger partial charge in [-0.05, 0) is 35.9 Å². The molecule has 1 nitrogen and oxygen atoms in total. The van der Waals surface area contributed by atoms with Gasteiger partial charge < -0.3 is 5.32 Å².